The predicted octanol–water partition coefficient (Wildman–Crippen LogP) is 2.36. The van der Waals surface area contributed by atoms with Gasteiger partial charge in [0.15, 0.2) is 0 Å². The minimum absolute atomic E-state index is 0. The van der Waals surface area contributed by atoms with Crippen LogP contribution < -0.4 is 6.15 Å². The molecular weight excluding hydrogens is 211 g/mol. The van der Waals surface area contributed by atoms with E-state index < -0.39 is 15.6 Å². The van der Waals surface area contributed by atoms with Gasteiger partial charge in [-0.25, -0.2) is 0 Å². The molecule has 0 bridgehead atoms. The molecule has 4 nitrogen and oxygen atoms in total. The number of hydrogen-bond donors (Lipinski definition) is 2. The summed E-state index contributed by atoms with van der Waals surface area (Å²) in [5.74, 6) is 0. The molecule has 0 amide bonds. The number of halogens is 3. The maximum Gasteiger partial charge on any atom is 0.522 e. The van der Waals surface area contributed by atoms with Crippen LogP contribution in [0.4, 0.5) is 13.2 Å². The standard InChI is InChI=1S/C4H10.CHF3O3S.H3N/c1-3-4-2;2-1(3,4)8(5,6)7;/h3-4H2,1-2H3;(H,5,6,7);1H3. The van der Waals surface area contributed by atoms with Crippen LogP contribution in [0.1, 0.15) is 26.7 Å². The summed E-state index contributed by atoms with van der Waals surface area (Å²) in [5, 5.41) is 0. The second-order valence-corrected chi connectivity index (χ2v) is 3.33. The summed E-state index contributed by atoms with van der Waals surface area (Å²) in [5.41, 5.74) is -5.53. The van der Waals surface area contributed by atoms with Crippen molar-refractivity contribution in [3.05, 3.63) is 0 Å². The Morgan fingerprint density at radius 3 is 1.31 bits per heavy atom. The molecule has 0 unspecified atom stereocenters. The average Bonchev–Trinajstić information content (AvgIpc) is 1.84. The largest absolute Gasteiger partial charge is 0.522 e. The lowest BCUT2D eigenvalue weighted by Gasteiger charge is -1.97. The van der Waals surface area contributed by atoms with Crippen molar-refractivity contribution >= 4 is 10.1 Å². The van der Waals surface area contributed by atoms with Gasteiger partial charge >= 0.3 is 15.6 Å². The van der Waals surface area contributed by atoms with Crippen LogP contribution in [0.3, 0.4) is 0 Å². The Hall–Kier alpha value is -0.340. The maximum absolute atomic E-state index is 10.7. The Labute approximate surface area is 75.5 Å². The van der Waals surface area contributed by atoms with Gasteiger partial charge < -0.3 is 6.15 Å². The highest BCUT2D eigenvalue weighted by Crippen LogP contribution is 2.20. The van der Waals surface area contributed by atoms with Crippen LogP contribution >= 0.6 is 0 Å². The van der Waals surface area contributed by atoms with Gasteiger partial charge in [-0.15, -0.1) is 0 Å². The van der Waals surface area contributed by atoms with Crippen LogP contribution in [-0.2, 0) is 10.1 Å². The first-order valence-electron chi connectivity index (χ1n) is 3.20. The molecule has 84 valence electrons. The lowest BCUT2D eigenvalue weighted by molar-refractivity contribution is -0.0510. The fourth-order valence-electron chi connectivity index (χ4n) is 0. The van der Waals surface area contributed by atoms with Crippen molar-refractivity contribution < 1.29 is 26.1 Å². The second-order valence-electron chi connectivity index (χ2n) is 1.92. The van der Waals surface area contributed by atoms with E-state index in [9.17, 15) is 13.2 Å². The van der Waals surface area contributed by atoms with E-state index in [1.54, 1.807) is 0 Å². The fraction of sp³-hybridized carbons (Fsp3) is 1.00. The van der Waals surface area contributed by atoms with Crippen LogP contribution in [0.2, 0.25) is 0 Å². The minimum Gasteiger partial charge on any atom is -0.344 e. The zero-order chi connectivity index (χ0) is 10.4. The summed E-state index contributed by atoms with van der Waals surface area (Å²) in [6, 6.07) is 0. The highest BCUT2D eigenvalue weighted by molar-refractivity contribution is 7.86. The van der Waals surface area contributed by atoms with E-state index in [0.29, 0.717) is 0 Å². The molecule has 0 aliphatic heterocycles. The molecule has 13 heavy (non-hydrogen) atoms. The molecule has 0 aliphatic carbocycles. The average molecular weight is 225 g/mol. The third kappa shape index (κ3) is 11.7. The molecule has 0 fully saturated rings. The van der Waals surface area contributed by atoms with Gasteiger partial charge in [0, 0.05) is 0 Å². The third-order valence-electron chi connectivity index (χ3n) is 0.792. The van der Waals surface area contributed by atoms with Crippen LogP contribution in [0, 0.1) is 0 Å². The summed E-state index contributed by atoms with van der Waals surface area (Å²) >= 11 is 0. The second kappa shape index (κ2) is 7.10. The molecule has 8 heteroatoms. The van der Waals surface area contributed by atoms with Gasteiger partial charge in [0.25, 0.3) is 0 Å². The minimum atomic E-state index is -5.84. The third-order valence-corrected chi connectivity index (χ3v) is 1.38. The molecule has 0 heterocycles. The van der Waals surface area contributed by atoms with Crippen LogP contribution in [0.25, 0.3) is 0 Å². The normalized spacial score (nSPS) is 10.9. The van der Waals surface area contributed by atoms with Crippen molar-refractivity contribution in [1.29, 1.82) is 0 Å². The highest BCUT2D eigenvalue weighted by Gasteiger charge is 2.44. The van der Waals surface area contributed by atoms with Gasteiger partial charge in [-0.05, 0) is 0 Å². The Morgan fingerprint density at radius 2 is 1.31 bits per heavy atom. The number of alkyl halides is 3. The van der Waals surface area contributed by atoms with Crippen molar-refractivity contribution in [3.63, 3.8) is 0 Å². The van der Waals surface area contributed by atoms with E-state index in [4.69, 9.17) is 13.0 Å². The molecule has 0 atom stereocenters. The molecule has 0 aromatic heterocycles. The van der Waals surface area contributed by atoms with Gasteiger partial charge in [-0.3, -0.25) is 4.55 Å². The topological polar surface area (TPSA) is 89.4 Å². The van der Waals surface area contributed by atoms with E-state index in [2.05, 4.69) is 13.8 Å². The van der Waals surface area contributed by atoms with Crippen LogP contribution in [0.5, 0.6) is 0 Å². The van der Waals surface area contributed by atoms with Crippen LogP contribution in [0.15, 0.2) is 0 Å². The quantitative estimate of drug-likeness (QED) is 0.529. The van der Waals surface area contributed by atoms with Crippen molar-refractivity contribution in [1.82, 2.24) is 6.15 Å². The molecule has 0 spiro atoms. The van der Waals surface area contributed by atoms with E-state index in [-0.39, 0.29) is 6.15 Å². The first kappa shape index (κ1) is 18.4. The summed E-state index contributed by atoms with van der Waals surface area (Å²) in [6.07, 6.45) is 2.64. The zero-order valence-corrected chi connectivity index (χ0v) is 8.24. The monoisotopic (exact) mass is 225 g/mol. The van der Waals surface area contributed by atoms with E-state index in [0.717, 1.165) is 0 Å². The predicted molar refractivity (Wildman–Crippen MR) is 43.2 cm³/mol. The summed E-state index contributed by atoms with van der Waals surface area (Å²) < 4.78 is 57.5. The van der Waals surface area contributed by atoms with E-state index in [1.165, 1.54) is 12.8 Å². The van der Waals surface area contributed by atoms with E-state index in [1.807, 2.05) is 0 Å². The number of hydrogen-bond acceptors (Lipinski definition) is 3. The van der Waals surface area contributed by atoms with Crippen LogP contribution in [-0.4, -0.2) is 18.5 Å². The molecule has 0 aromatic carbocycles. The molecule has 0 saturated carbocycles. The Bertz CT molecular complexity index is 198. The zero-order valence-electron chi connectivity index (χ0n) is 7.43. The number of unbranched alkanes of at least 4 members (excludes halogenated alkanes) is 1. The van der Waals surface area contributed by atoms with Gasteiger partial charge in [-0.1, -0.05) is 26.7 Å². The van der Waals surface area contributed by atoms with E-state index >= 15 is 0 Å². The first-order valence-corrected chi connectivity index (χ1v) is 4.64. The highest BCUT2D eigenvalue weighted by atomic mass is 32.2. The Kier molecular flexibility index (Phi) is 10.1. The summed E-state index contributed by atoms with van der Waals surface area (Å²) in [4.78, 5) is 0. The van der Waals surface area contributed by atoms with Crippen molar-refractivity contribution in [2.75, 3.05) is 0 Å². The SMILES string of the molecule is CCCC.N.O=S(=O)(O)C(F)(F)F. The molecule has 0 aromatic rings. The summed E-state index contributed by atoms with van der Waals surface area (Å²) in [6.45, 7) is 4.36. The fourth-order valence-corrected chi connectivity index (χ4v) is 0. The molecule has 0 saturated heterocycles. The van der Waals surface area contributed by atoms with Gasteiger partial charge in [-0.2, -0.15) is 21.6 Å². The van der Waals surface area contributed by atoms with Gasteiger partial charge in [0.2, 0.25) is 0 Å². The Balaban J connectivity index is -0.000000173. The molecule has 0 aliphatic rings. The molecular formula is C5H14F3NO3S. The Morgan fingerprint density at radius 1 is 1.15 bits per heavy atom. The van der Waals surface area contributed by atoms with Crippen molar-refractivity contribution in [3.8, 4) is 0 Å². The van der Waals surface area contributed by atoms with Gasteiger partial charge in [0.05, 0.1) is 0 Å². The van der Waals surface area contributed by atoms with Crippen molar-refractivity contribution in [2.45, 2.75) is 32.2 Å². The maximum atomic E-state index is 10.7. The molecule has 0 rings (SSSR count). The van der Waals surface area contributed by atoms with Gasteiger partial charge in [0.1, 0.15) is 0 Å². The first-order chi connectivity index (χ1) is 5.16. The summed E-state index contributed by atoms with van der Waals surface area (Å²) in [7, 11) is -5.84. The molecule has 4 N–H and O–H groups in total. The smallest absolute Gasteiger partial charge is 0.344 e. The lowest BCUT2D eigenvalue weighted by atomic mass is 10.4. The molecule has 0 radical (unpaired) electrons. The lowest BCUT2D eigenvalue weighted by Crippen LogP contribution is -2.21. The number of rotatable bonds is 1. The van der Waals surface area contributed by atoms with Crippen molar-refractivity contribution in [2.24, 2.45) is 0 Å².